The summed E-state index contributed by atoms with van der Waals surface area (Å²) in [5.41, 5.74) is 1.44. The number of hydrogen-bond acceptors (Lipinski definition) is 4. The Morgan fingerprint density at radius 1 is 1.35 bits per heavy atom. The number of benzene rings is 1. The van der Waals surface area contributed by atoms with Crippen LogP contribution in [-0.4, -0.2) is 42.5 Å². The van der Waals surface area contributed by atoms with Crippen molar-refractivity contribution in [3.05, 3.63) is 34.9 Å². The van der Waals surface area contributed by atoms with E-state index in [4.69, 9.17) is 11.3 Å². The van der Waals surface area contributed by atoms with E-state index in [1.54, 1.807) is 18.2 Å². The van der Waals surface area contributed by atoms with Gasteiger partial charge in [-0.25, -0.2) is 0 Å². The molecule has 3 rings (SSSR count). The first-order chi connectivity index (χ1) is 11.0. The van der Waals surface area contributed by atoms with Gasteiger partial charge in [-0.05, 0) is 31.4 Å². The first-order valence-corrected chi connectivity index (χ1v) is 7.73. The van der Waals surface area contributed by atoms with Crippen molar-refractivity contribution in [1.82, 2.24) is 10.4 Å². The van der Waals surface area contributed by atoms with Crippen LogP contribution in [0.25, 0.3) is 0 Å². The molecule has 1 atom stereocenters. The molecule has 0 aliphatic carbocycles. The Balaban J connectivity index is 1.94. The van der Waals surface area contributed by atoms with E-state index in [0.717, 1.165) is 5.56 Å². The average molecular weight is 312 g/mol. The summed E-state index contributed by atoms with van der Waals surface area (Å²) in [6.45, 7) is 3.16. The molecule has 1 aromatic carbocycles. The third kappa shape index (κ3) is 2.54. The SMILES string of the molecule is C#Cc1ccc(C)cc1C1C(=O)NC2(CCN(OC)CC2)C1=O. The molecule has 1 N–H and O–H groups in total. The molecule has 2 aliphatic rings. The number of amides is 1. The minimum Gasteiger partial charge on any atom is -0.343 e. The quantitative estimate of drug-likeness (QED) is 0.657. The van der Waals surface area contributed by atoms with Gasteiger partial charge in [-0.1, -0.05) is 23.6 Å². The topological polar surface area (TPSA) is 58.6 Å². The number of terminal acetylenes is 1. The van der Waals surface area contributed by atoms with Gasteiger partial charge in [0, 0.05) is 18.7 Å². The van der Waals surface area contributed by atoms with Crippen LogP contribution in [0.3, 0.4) is 0 Å². The number of carbonyl (C=O) groups excluding carboxylic acids is 2. The number of piperidine rings is 1. The highest BCUT2D eigenvalue weighted by molar-refractivity contribution is 6.17. The van der Waals surface area contributed by atoms with Gasteiger partial charge in [0.15, 0.2) is 5.78 Å². The highest BCUT2D eigenvalue weighted by atomic mass is 16.7. The van der Waals surface area contributed by atoms with E-state index in [1.807, 2.05) is 19.1 Å². The van der Waals surface area contributed by atoms with E-state index in [-0.39, 0.29) is 11.7 Å². The normalized spacial score (nSPS) is 23.8. The number of ketones is 1. The minimum absolute atomic E-state index is 0.0691. The summed E-state index contributed by atoms with van der Waals surface area (Å²) in [6, 6.07) is 5.53. The predicted octanol–water partition coefficient (Wildman–Crippen LogP) is 1.15. The molecule has 120 valence electrons. The lowest BCUT2D eigenvalue weighted by molar-refractivity contribution is -0.156. The molecular formula is C18H20N2O3. The number of Topliss-reactive ketones (excluding diaryl/α,β-unsaturated/α-hetero) is 1. The van der Waals surface area contributed by atoms with Crippen molar-refractivity contribution in [2.75, 3.05) is 20.2 Å². The van der Waals surface area contributed by atoms with Crippen molar-refractivity contribution in [3.63, 3.8) is 0 Å². The molecule has 5 heteroatoms. The summed E-state index contributed by atoms with van der Waals surface area (Å²) in [6.07, 6.45) is 6.66. The Hall–Kier alpha value is -2.16. The lowest BCUT2D eigenvalue weighted by atomic mass is 9.80. The third-order valence-corrected chi connectivity index (χ3v) is 4.87. The number of hydroxylamine groups is 2. The van der Waals surface area contributed by atoms with Crippen LogP contribution in [0.4, 0.5) is 0 Å². The molecule has 0 saturated carbocycles. The minimum atomic E-state index is -0.810. The number of rotatable bonds is 2. The van der Waals surface area contributed by atoms with Crippen LogP contribution in [0.2, 0.25) is 0 Å². The number of hydrogen-bond donors (Lipinski definition) is 1. The number of nitrogens with one attached hydrogen (secondary N) is 1. The van der Waals surface area contributed by atoms with Crippen molar-refractivity contribution >= 4 is 11.7 Å². The maximum atomic E-state index is 13.1. The lowest BCUT2D eigenvalue weighted by Gasteiger charge is -2.36. The summed E-state index contributed by atoms with van der Waals surface area (Å²) in [5.74, 6) is 1.46. The van der Waals surface area contributed by atoms with E-state index >= 15 is 0 Å². The second-order valence-electron chi connectivity index (χ2n) is 6.22. The fourth-order valence-corrected chi connectivity index (χ4v) is 3.52. The molecule has 2 aliphatic heterocycles. The largest absolute Gasteiger partial charge is 0.343 e. The zero-order valence-corrected chi connectivity index (χ0v) is 13.4. The molecule has 2 heterocycles. The lowest BCUT2D eigenvalue weighted by Crippen LogP contribution is -2.54. The smallest absolute Gasteiger partial charge is 0.236 e. The fraction of sp³-hybridized carbons (Fsp3) is 0.444. The second kappa shape index (κ2) is 5.80. The summed E-state index contributed by atoms with van der Waals surface area (Å²) < 4.78 is 0. The van der Waals surface area contributed by atoms with E-state index in [9.17, 15) is 9.59 Å². The molecule has 0 radical (unpaired) electrons. The second-order valence-corrected chi connectivity index (χ2v) is 6.22. The Morgan fingerprint density at radius 3 is 2.65 bits per heavy atom. The molecule has 5 nitrogen and oxygen atoms in total. The van der Waals surface area contributed by atoms with Gasteiger partial charge in [-0.3, -0.25) is 9.59 Å². The summed E-state index contributed by atoms with van der Waals surface area (Å²) in [5, 5.41) is 4.75. The Morgan fingerprint density at radius 2 is 2.04 bits per heavy atom. The highest BCUT2D eigenvalue weighted by Crippen LogP contribution is 2.37. The molecule has 1 amide bonds. The van der Waals surface area contributed by atoms with Crippen LogP contribution in [0, 0.1) is 19.3 Å². The summed E-state index contributed by atoms with van der Waals surface area (Å²) in [4.78, 5) is 30.8. The molecule has 1 spiro atoms. The number of carbonyl (C=O) groups is 2. The van der Waals surface area contributed by atoms with Gasteiger partial charge < -0.3 is 10.2 Å². The molecule has 2 fully saturated rings. The van der Waals surface area contributed by atoms with E-state index in [0.29, 0.717) is 37.1 Å². The van der Waals surface area contributed by atoms with Gasteiger partial charge in [0.1, 0.15) is 11.5 Å². The monoisotopic (exact) mass is 312 g/mol. The van der Waals surface area contributed by atoms with E-state index in [1.165, 1.54) is 0 Å². The van der Waals surface area contributed by atoms with Crippen LogP contribution in [0.5, 0.6) is 0 Å². The Labute approximate surface area is 135 Å². The Kier molecular flexibility index (Phi) is 3.97. The average Bonchev–Trinajstić information content (AvgIpc) is 2.78. The number of nitrogens with zero attached hydrogens (tertiary/aromatic N) is 1. The molecule has 0 bridgehead atoms. The molecule has 1 aromatic rings. The Bertz CT molecular complexity index is 697. The maximum absolute atomic E-state index is 13.1. The highest BCUT2D eigenvalue weighted by Gasteiger charge is 2.54. The van der Waals surface area contributed by atoms with Crippen molar-refractivity contribution in [2.45, 2.75) is 31.2 Å². The summed E-state index contributed by atoms with van der Waals surface area (Å²) in [7, 11) is 1.61. The van der Waals surface area contributed by atoms with Crippen molar-refractivity contribution in [1.29, 1.82) is 0 Å². The van der Waals surface area contributed by atoms with Crippen LogP contribution in [-0.2, 0) is 14.4 Å². The zero-order valence-electron chi connectivity index (χ0n) is 13.4. The van der Waals surface area contributed by atoms with Crippen LogP contribution < -0.4 is 5.32 Å². The maximum Gasteiger partial charge on any atom is 0.236 e. The molecule has 0 aromatic heterocycles. The van der Waals surface area contributed by atoms with Gasteiger partial charge in [0.05, 0.1) is 7.11 Å². The summed E-state index contributed by atoms with van der Waals surface area (Å²) >= 11 is 0. The predicted molar refractivity (Wildman–Crippen MR) is 85.6 cm³/mol. The van der Waals surface area contributed by atoms with E-state index < -0.39 is 11.5 Å². The third-order valence-electron chi connectivity index (χ3n) is 4.87. The van der Waals surface area contributed by atoms with Crippen molar-refractivity contribution < 1.29 is 14.4 Å². The van der Waals surface area contributed by atoms with Gasteiger partial charge >= 0.3 is 0 Å². The van der Waals surface area contributed by atoms with Gasteiger partial charge in [-0.15, -0.1) is 6.42 Å². The number of aryl methyl sites for hydroxylation is 1. The van der Waals surface area contributed by atoms with E-state index in [2.05, 4.69) is 11.2 Å². The van der Waals surface area contributed by atoms with Gasteiger partial charge in [-0.2, -0.15) is 5.06 Å². The molecule has 23 heavy (non-hydrogen) atoms. The van der Waals surface area contributed by atoms with Crippen LogP contribution >= 0.6 is 0 Å². The first-order valence-electron chi connectivity index (χ1n) is 7.73. The van der Waals surface area contributed by atoms with Crippen molar-refractivity contribution in [2.24, 2.45) is 0 Å². The fourth-order valence-electron chi connectivity index (χ4n) is 3.52. The first kappa shape index (κ1) is 15.7. The van der Waals surface area contributed by atoms with Gasteiger partial charge in [0.25, 0.3) is 0 Å². The molecular weight excluding hydrogens is 292 g/mol. The standard InChI is InChI=1S/C18H20N2O3/c1-4-13-6-5-12(2)11-14(13)15-16(21)18(19-17(15)22)7-9-20(23-3)10-8-18/h1,5-6,11,15H,7-10H2,2-3H3,(H,19,22). The zero-order chi connectivity index (χ0) is 16.6. The van der Waals surface area contributed by atoms with Crippen molar-refractivity contribution in [3.8, 4) is 12.3 Å². The molecule has 1 unspecified atom stereocenters. The van der Waals surface area contributed by atoms with Gasteiger partial charge in [0.2, 0.25) is 5.91 Å². The molecule has 2 saturated heterocycles. The van der Waals surface area contributed by atoms with Crippen LogP contribution in [0.1, 0.15) is 35.4 Å². The van der Waals surface area contributed by atoms with Crippen LogP contribution in [0.15, 0.2) is 18.2 Å².